The molecule has 10 heavy (non-hydrogen) atoms. The summed E-state index contributed by atoms with van der Waals surface area (Å²) < 4.78 is 40.8. The molecule has 0 unspecified atom stereocenters. The van der Waals surface area contributed by atoms with Gasteiger partial charge in [0, 0.05) is 0 Å². The Morgan fingerprint density at radius 2 is 1.80 bits per heavy atom. The maximum absolute atomic E-state index is 12.5. The molecule has 1 fully saturated rings. The third-order valence-electron chi connectivity index (χ3n) is 0.829. The van der Waals surface area contributed by atoms with Crippen molar-refractivity contribution < 1.29 is 21.2 Å². The van der Waals surface area contributed by atoms with Crippen LogP contribution in [0.1, 0.15) is 0 Å². The monoisotopic (exact) mass is 190 g/mol. The summed E-state index contributed by atoms with van der Waals surface area (Å²) >= 11 is 5.02. The van der Waals surface area contributed by atoms with E-state index >= 15 is 0 Å². The minimum absolute atomic E-state index is 0.698. The summed E-state index contributed by atoms with van der Waals surface area (Å²) in [6.07, 6.45) is 0. The van der Waals surface area contributed by atoms with Crippen molar-refractivity contribution in [2.24, 2.45) is 0 Å². The topological polar surface area (TPSA) is 52.6 Å². The molecule has 1 rings (SSSR count). The van der Waals surface area contributed by atoms with Crippen LogP contribution in [0.15, 0.2) is 0 Å². The fourth-order valence-electron chi connectivity index (χ4n) is 0.392. The van der Waals surface area contributed by atoms with Gasteiger partial charge in [-0.15, -0.1) is 0 Å². The van der Waals surface area contributed by atoms with Gasteiger partial charge in [-0.3, -0.25) is 0 Å². The first-order valence-corrected chi connectivity index (χ1v) is 4.04. The summed E-state index contributed by atoms with van der Waals surface area (Å²) in [6.45, 7) is -1.40. The van der Waals surface area contributed by atoms with Crippen molar-refractivity contribution in [3.05, 3.63) is 0 Å². The fraction of sp³-hybridized carbons (Fsp3) is 1.00. The summed E-state index contributed by atoms with van der Waals surface area (Å²) in [5.41, 5.74) is 0. The van der Waals surface area contributed by atoms with Crippen molar-refractivity contribution in [1.29, 1.82) is 0 Å². The van der Waals surface area contributed by atoms with Crippen LogP contribution in [0.4, 0.5) is 4.39 Å². The molecule has 1 saturated heterocycles. The molecule has 4 nitrogen and oxygen atoms in total. The van der Waals surface area contributed by atoms with Crippen LogP contribution in [0.5, 0.6) is 0 Å². The van der Waals surface area contributed by atoms with Crippen LogP contribution in [-0.2, 0) is 18.8 Å². The number of hydrogen-bond donors (Lipinski definition) is 0. The van der Waals surface area contributed by atoms with Gasteiger partial charge in [0.25, 0.3) is 0 Å². The van der Waals surface area contributed by atoms with Gasteiger partial charge in [0.1, 0.15) is 13.2 Å². The average Bonchev–Trinajstić information content (AvgIpc) is 1.79. The maximum Gasteiger partial charge on any atom is 0.400 e. The highest BCUT2D eigenvalue weighted by molar-refractivity contribution is 7.81. The Labute approximate surface area is 62.2 Å². The molecule has 7 heteroatoms. The van der Waals surface area contributed by atoms with Crippen molar-refractivity contribution in [2.45, 2.75) is 5.13 Å². The lowest BCUT2D eigenvalue weighted by molar-refractivity contribution is 0.0493. The first-order chi connectivity index (χ1) is 4.41. The molecular formula is C3H4ClFO4S. The van der Waals surface area contributed by atoms with E-state index in [1.165, 1.54) is 0 Å². The van der Waals surface area contributed by atoms with E-state index in [9.17, 15) is 12.8 Å². The molecule has 1 aliphatic heterocycles. The lowest BCUT2D eigenvalue weighted by Crippen LogP contribution is -2.37. The number of halogens is 2. The van der Waals surface area contributed by atoms with Crippen LogP contribution in [-0.4, -0.2) is 26.8 Å². The molecule has 0 spiro atoms. The summed E-state index contributed by atoms with van der Waals surface area (Å²) in [5.74, 6) is 0. The van der Waals surface area contributed by atoms with Gasteiger partial charge in [-0.2, -0.15) is 8.42 Å². The molecule has 0 saturated carbocycles. The van der Waals surface area contributed by atoms with Gasteiger partial charge in [-0.1, -0.05) is 11.6 Å². The van der Waals surface area contributed by atoms with E-state index in [-0.39, 0.29) is 0 Å². The first kappa shape index (κ1) is 8.19. The predicted molar refractivity (Wildman–Crippen MR) is 30.5 cm³/mol. The Balaban J connectivity index is 2.63. The zero-order chi connectivity index (χ0) is 7.83. The molecule has 60 valence electrons. The van der Waals surface area contributed by atoms with Crippen LogP contribution in [0.2, 0.25) is 0 Å². The van der Waals surface area contributed by atoms with Crippen molar-refractivity contribution >= 4 is 22.0 Å². The molecule has 0 aromatic carbocycles. The van der Waals surface area contributed by atoms with Crippen LogP contribution >= 0.6 is 11.6 Å². The second-order valence-electron chi connectivity index (χ2n) is 1.79. The normalized spacial score (nSPS) is 29.8. The first-order valence-electron chi connectivity index (χ1n) is 2.33. The van der Waals surface area contributed by atoms with Crippen LogP contribution in [0.3, 0.4) is 0 Å². The maximum atomic E-state index is 12.5. The van der Waals surface area contributed by atoms with E-state index in [0.717, 1.165) is 0 Å². The van der Waals surface area contributed by atoms with E-state index in [1.807, 2.05) is 0 Å². The molecule has 0 radical (unpaired) electrons. The van der Waals surface area contributed by atoms with Crippen LogP contribution < -0.4 is 0 Å². The van der Waals surface area contributed by atoms with E-state index < -0.39 is 28.7 Å². The van der Waals surface area contributed by atoms with Crippen molar-refractivity contribution in [3.63, 3.8) is 0 Å². The zero-order valence-corrected chi connectivity index (χ0v) is 6.28. The summed E-state index contributed by atoms with van der Waals surface area (Å²) in [4.78, 5) is 0. The minimum Gasteiger partial charge on any atom is -0.243 e. The van der Waals surface area contributed by atoms with Crippen molar-refractivity contribution in [3.8, 4) is 0 Å². The highest BCUT2D eigenvalue weighted by Crippen LogP contribution is 2.24. The SMILES string of the molecule is O=S1(=O)OCC(F)(Cl)CO1. The summed E-state index contributed by atoms with van der Waals surface area (Å²) in [5, 5.41) is -2.22. The number of alkyl halides is 2. The van der Waals surface area contributed by atoms with Crippen LogP contribution in [0.25, 0.3) is 0 Å². The lowest BCUT2D eigenvalue weighted by atomic mass is 10.4. The highest BCUT2D eigenvalue weighted by atomic mass is 35.5. The van der Waals surface area contributed by atoms with Gasteiger partial charge in [-0.25, -0.2) is 12.8 Å². The zero-order valence-electron chi connectivity index (χ0n) is 4.71. The molecule has 0 aromatic rings. The van der Waals surface area contributed by atoms with Crippen LogP contribution in [0, 0.1) is 0 Å². The van der Waals surface area contributed by atoms with Gasteiger partial charge in [0.05, 0.1) is 0 Å². The van der Waals surface area contributed by atoms with Crippen molar-refractivity contribution in [2.75, 3.05) is 13.2 Å². The Bertz CT molecular complexity index is 207. The van der Waals surface area contributed by atoms with Gasteiger partial charge < -0.3 is 0 Å². The summed E-state index contributed by atoms with van der Waals surface area (Å²) in [6, 6.07) is 0. The Morgan fingerprint density at radius 1 is 1.40 bits per heavy atom. The molecule has 1 heterocycles. The molecule has 0 aromatic heterocycles. The third-order valence-corrected chi connectivity index (χ3v) is 1.86. The average molecular weight is 191 g/mol. The molecule has 1 aliphatic rings. The number of hydrogen-bond acceptors (Lipinski definition) is 4. The van der Waals surface area contributed by atoms with Crippen molar-refractivity contribution in [1.82, 2.24) is 0 Å². The lowest BCUT2D eigenvalue weighted by Gasteiger charge is -2.21. The van der Waals surface area contributed by atoms with E-state index in [2.05, 4.69) is 8.37 Å². The molecular weight excluding hydrogens is 187 g/mol. The second kappa shape index (κ2) is 2.30. The predicted octanol–water partition coefficient (Wildman–Crippen LogP) is 0.183. The summed E-state index contributed by atoms with van der Waals surface area (Å²) in [7, 11) is -3.98. The third kappa shape index (κ3) is 2.05. The van der Waals surface area contributed by atoms with E-state index in [4.69, 9.17) is 11.6 Å². The van der Waals surface area contributed by atoms with Gasteiger partial charge in [0.15, 0.2) is 0 Å². The molecule has 0 bridgehead atoms. The van der Waals surface area contributed by atoms with E-state index in [0.29, 0.717) is 0 Å². The Hall–Kier alpha value is 0.0900. The standard InChI is InChI=1S/C3H4ClFO4S/c4-3(5)1-8-10(6,7)9-2-3/h1-2H2. The van der Waals surface area contributed by atoms with Gasteiger partial charge >= 0.3 is 10.4 Å². The molecule has 0 N–H and O–H groups in total. The van der Waals surface area contributed by atoms with E-state index in [1.54, 1.807) is 0 Å². The number of rotatable bonds is 0. The largest absolute Gasteiger partial charge is 0.400 e. The van der Waals surface area contributed by atoms with Gasteiger partial charge in [-0.05, 0) is 0 Å². The molecule has 0 atom stereocenters. The quantitative estimate of drug-likeness (QED) is 0.512. The highest BCUT2D eigenvalue weighted by Gasteiger charge is 2.37. The molecule has 0 amide bonds. The fourth-order valence-corrected chi connectivity index (χ4v) is 1.36. The second-order valence-corrected chi connectivity index (χ2v) is 3.75. The smallest absolute Gasteiger partial charge is 0.243 e. The molecule has 0 aliphatic carbocycles. The Morgan fingerprint density at radius 3 is 2.10 bits per heavy atom. The Kier molecular flexibility index (Phi) is 1.88. The minimum atomic E-state index is -3.98. The van der Waals surface area contributed by atoms with Gasteiger partial charge in [0.2, 0.25) is 5.13 Å².